The van der Waals surface area contributed by atoms with Crippen molar-refractivity contribution in [2.45, 2.75) is 50.0 Å². The second-order valence-electron chi connectivity index (χ2n) is 7.46. The van der Waals surface area contributed by atoms with Gasteiger partial charge in [-0.05, 0) is 44.0 Å². The normalized spacial score (nSPS) is 15.2. The second-order valence-corrected chi connectivity index (χ2v) is 9.32. The van der Waals surface area contributed by atoms with Crippen molar-refractivity contribution < 1.29 is 13.2 Å². The molecular formula is C22H28N2O3S. The maximum Gasteiger partial charge on any atom is 0.264 e. The summed E-state index contributed by atoms with van der Waals surface area (Å²) >= 11 is 0. The summed E-state index contributed by atoms with van der Waals surface area (Å²) in [7, 11) is -2.05. The first-order valence-electron chi connectivity index (χ1n) is 9.80. The van der Waals surface area contributed by atoms with Crippen LogP contribution in [0.15, 0.2) is 59.5 Å². The molecule has 0 saturated heterocycles. The smallest absolute Gasteiger partial charge is 0.264 e. The standard InChI is InChI=1S/C22H28N2O3S/c1-18-13-15-20(16-14-18)24(28(26,27)21-11-7-4-8-12-21)17-22(25)23(2)19-9-5-3-6-10-19/h4,7-8,11-16,19H,3,5-6,9-10,17H2,1-2H3. The minimum Gasteiger partial charge on any atom is -0.341 e. The molecule has 1 saturated carbocycles. The number of likely N-dealkylation sites (N-methyl/N-ethyl adjacent to an activating group) is 1. The zero-order valence-corrected chi connectivity index (χ0v) is 17.4. The summed E-state index contributed by atoms with van der Waals surface area (Å²) in [6.45, 7) is 1.75. The SMILES string of the molecule is Cc1ccc(N(CC(=O)N(C)C2CCCCC2)S(=O)(=O)c2ccccc2)cc1. The highest BCUT2D eigenvalue weighted by Crippen LogP contribution is 2.26. The Morgan fingerprint density at radius 2 is 1.57 bits per heavy atom. The number of nitrogens with zero attached hydrogens (tertiary/aromatic N) is 2. The lowest BCUT2D eigenvalue weighted by Crippen LogP contribution is -2.45. The van der Waals surface area contributed by atoms with Crippen LogP contribution in [0.1, 0.15) is 37.7 Å². The lowest BCUT2D eigenvalue weighted by atomic mass is 9.94. The fourth-order valence-electron chi connectivity index (χ4n) is 3.65. The number of anilines is 1. The summed E-state index contributed by atoms with van der Waals surface area (Å²) in [6, 6.07) is 15.7. The lowest BCUT2D eigenvalue weighted by Gasteiger charge is -2.33. The van der Waals surface area contributed by atoms with Crippen LogP contribution in [0.2, 0.25) is 0 Å². The van der Waals surface area contributed by atoms with Crippen LogP contribution in [0.5, 0.6) is 0 Å². The Morgan fingerprint density at radius 1 is 0.964 bits per heavy atom. The first-order valence-corrected chi connectivity index (χ1v) is 11.2. The molecule has 3 rings (SSSR count). The van der Waals surface area contributed by atoms with E-state index in [0.29, 0.717) is 5.69 Å². The van der Waals surface area contributed by atoms with E-state index in [1.54, 1.807) is 54.4 Å². The Labute approximate surface area is 168 Å². The van der Waals surface area contributed by atoms with Crippen LogP contribution in [0.25, 0.3) is 0 Å². The predicted molar refractivity (Wildman–Crippen MR) is 112 cm³/mol. The van der Waals surface area contributed by atoms with Gasteiger partial charge in [0.15, 0.2) is 0 Å². The van der Waals surface area contributed by atoms with Crippen molar-refractivity contribution in [3.63, 3.8) is 0 Å². The number of rotatable bonds is 6. The van der Waals surface area contributed by atoms with Gasteiger partial charge in [-0.3, -0.25) is 9.10 Å². The number of benzene rings is 2. The van der Waals surface area contributed by atoms with Crippen molar-refractivity contribution in [2.75, 3.05) is 17.9 Å². The van der Waals surface area contributed by atoms with Crippen LogP contribution in [0.4, 0.5) is 5.69 Å². The highest BCUT2D eigenvalue weighted by molar-refractivity contribution is 7.92. The van der Waals surface area contributed by atoms with E-state index in [1.807, 2.05) is 19.1 Å². The van der Waals surface area contributed by atoms with E-state index in [9.17, 15) is 13.2 Å². The Balaban J connectivity index is 1.90. The monoisotopic (exact) mass is 400 g/mol. The van der Waals surface area contributed by atoms with Crippen LogP contribution >= 0.6 is 0 Å². The van der Waals surface area contributed by atoms with Crippen molar-refractivity contribution in [3.8, 4) is 0 Å². The fourth-order valence-corrected chi connectivity index (χ4v) is 5.09. The average Bonchev–Trinajstić information content (AvgIpc) is 2.73. The summed E-state index contributed by atoms with van der Waals surface area (Å²) in [4.78, 5) is 14.9. The molecule has 6 heteroatoms. The largest absolute Gasteiger partial charge is 0.341 e. The zero-order valence-electron chi connectivity index (χ0n) is 16.5. The van der Waals surface area contributed by atoms with Crippen LogP contribution in [0.3, 0.4) is 0 Å². The van der Waals surface area contributed by atoms with E-state index in [-0.39, 0.29) is 23.4 Å². The van der Waals surface area contributed by atoms with Crippen molar-refractivity contribution in [2.24, 2.45) is 0 Å². The molecule has 0 heterocycles. The third-order valence-corrected chi connectivity index (χ3v) is 7.24. The number of hydrogen-bond donors (Lipinski definition) is 0. The average molecular weight is 401 g/mol. The van der Waals surface area contributed by atoms with Gasteiger partial charge < -0.3 is 4.90 Å². The number of carbonyl (C=O) groups excluding carboxylic acids is 1. The molecule has 150 valence electrons. The van der Waals surface area contributed by atoms with Gasteiger partial charge >= 0.3 is 0 Å². The van der Waals surface area contributed by atoms with Crippen molar-refractivity contribution in [1.29, 1.82) is 0 Å². The van der Waals surface area contributed by atoms with Crippen LogP contribution in [-0.4, -0.2) is 38.9 Å². The van der Waals surface area contributed by atoms with Gasteiger partial charge in [-0.2, -0.15) is 0 Å². The molecule has 28 heavy (non-hydrogen) atoms. The first-order chi connectivity index (χ1) is 13.4. The Kier molecular flexibility index (Phi) is 6.39. The number of hydrogen-bond acceptors (Lipinski definition) is 3. The highest BCUT2D eigenvalue weighted by Gasteiger charge is 2.30. The molecule has 0 spiro atoms. The quantitative estimate of drug-likeness (QED) is 0.737. The summed E-state index contributed by atoms with van der Waals surface area (Å²) < 4.78 is 27.8. The molecule has 2 aromatic rings. The Bertz CT molecular complexity index is 889. The first kappa shape index (κ1) is 20.4. The molecule has 1 amide bonds. The molecular weight excluding hydrogens is 372 g/mol. The van der Waals surface area contributed by atoms with Crippen molar-refractivity contribution >= 4 is 21.6 Å². The fraction of sp³-hybridized carbons (Fsp3) is 0.409. The molecule has 0 unspecified atom stereocenters. The molecule has 5 nitrogen and oxygen atoms in total. The zero-order chi connectivity index (χ0) is 20.1. The van der Waals surface area contributed by atoms with Gasteiger partial charge in [0.05, 0.1) is 10.6 Å². The van der Waals surface area contributed by atoms with Crippen molar-refractivity contribution in [3.05, 3.63) is 60.2 Å². The molecule has 0 radical (unpaired) electrons. The lowest BCUT2D eigenvalue weighted by molar-refractivity contribution is -0.130. The molecule has 0 atom stereocenters. The Morgan fingerprint density at radius 3 is 2.18 bits per heavy atom. The van der Waals surface area contributed by atoms with E-state index in [2.05, 4.69) is 0 Å². The van der Waals surface area contributed by atoms with E-state index in [0.717, 1.165) is 31.2 Å². The van der Waals surface area contributed by atoms with E-state index in [1.165, 1.54) is 10.7 Å². The topological polar surface area (TPSA) is 57.7 Å². The molecule has 1 aliphatic carbocycles. The van der Waals surface area contributed by atoms with Gasteiger partial charge in [0, 0.05) is 13.1 Å². The minimum absolute atomic E-state index is 0.174. The maximum absolute atomic E-state index is 13.3. The highest BCUT2D eigenvalue weighted by atomic mass is 32.2. The van der Waals surface area contributed by atoms with Gasteiger partial charge in [0.25, 0.3) is 10.0 Å². The van der Waals surface area contributed by atoms with Gasteiger partial charge in [-0.25, -0.2) is 8.42 Å². The number of aryl methyl sites for hydroxylation is 1. The second kappa shape index (κ2) is 8.78. The van der Waals surface area contributed by atoms with E-state index >= 15 is 0 Å². The molecule has 0 bridgehead atoms. The molecule has 1 aliphatic rings. The number of amides is 1. The molecule has 1 fully saturated rings. The third kappa shape index (κ3) is 4.55. The van der Waals surface area contributed by atoms with Crippen LogP contribution < -0.4 is 4.31 Å². The van der Waals surface area contributed by atoms with Gasteiger partial charge in [-0.15, -0.1) is 0 Å². The van der Waals surface area contributed by atoms with Gasteiger partial charge in [0.1, 0.15) is 6.54 Å². The molecule has 0 aliphatic heterocycles. The summed E-state index contributed by atoms with van der Waals surface area (Å²) in [5.74, 6) is -0.174. The predicted octanol–water partition coefficient (Wildman–Crippen LogP) is 3.98. The van der Waals surface area contributed by atoms with Gasteiger partial charge in [-0.1, -0.05) is 55.2 Å². The third-order valence-electron chi connectivity index (χ3n) is 5.45. The molecule has 0 N–H and O–H groups in total. The van der Waals surface area contributed by atoms with Crippen LogP contribution in [0, 0.1) is 6.92 Å². The van der Waals surface area contributed by atoms with Crippen LogP contribution in [-0.2, 0) is 14.8 Å². The summed E-state index contributed by atoms with van der Waals surface area (Å²) in [5.41, 5.74) is 1.53. The summed E-state index contributed by atoms with van der Waals surface area (Å²) in [6.07, 6.45) is 5.41. The maximum atomic E-state index is 13.3. The Hall–Kier alpha value is -2.34. The summed E-state index contributed by atoms with van der Waals surface area (Å²) in [5, 5.41) is 0. The van der Waals surface area contributed by atoms with Crippen molar-refractivity contribution in [1.82, 2.24) is 4.90 Å². The molecule has 2 aromatic carbocycles. The number of sulfonamides is 1. The van der Waals surface area contributed by atoms with E-state index < -0.39 is 10.0 Å². The van der Waals surface area contributed by atoms with E-state index in [4.69, 9.17) is 0 Å². The van der Waals surface area contributed by atoms with Gasteiger partial charge in [0.2, 0.25) is 5.91 Å². The number of carbonyl (C=O) groups is 1. The molecule has 0 aromatic heterocycles. The minimum atomic E-state index is -3.84.